The first-order valence-electron chi connectivity index (χ1n) is 8.00. The first-order chi connectivity index (χ1) is 12.2. The minimum absolute atomic E-state index is 0.159. The number of sulfonamides is 1. The summed E-state index contributed by atoms with van der Waals surface area (Å²) in [6, 6.07) is 6.91. The van der Waals surface area contributed by atoms with Crippen LogP contribution >= 0.6 is 11.3 Å². The van der Waals surface area contributed by atoms with E-state index >= 15 is 0 Å². The number of likely N-dealkylation sites (N-methyl/N-ethyl adjacent to an activating group) is 2. The van der Waals surface area contributed by atoms with Crippen molar-refractivity contribution in [2.45, 2.75) is 17.4 Å². The van der Waals surface area contributed by atoms with Crippen molar-refractivity contribution in [1.82, 2.24) is 9.21 Å². The van der Waals surface area contributed by atoms with Crippen LogP contribution in [0, 0.1) is 10.7 Å². The van der Waals surface area contributed by atoms with Gasteiger partial charge in [-0.15, -0.1) is 11.3 Å². The second kappa shape index (κ2) is 8.81. The molecule has 0 aliphatic carbocycles. The molecule has 0 radical (unpaired) electrons. The molecule has 26 heavy (non-hydrogen) atoms. The van der Waals surface area contributed by atoms with Gasteiger partial charge in [-0.25, -0.2) is 17.1 Å². The highest BCUT2D eigenvalue weighted by Crippen LogP contribution is 2.29. The van der Waals surface area contributed by atoms with Crippen LogP contribution in [0.15, 0.2) is 45.8 Å². The fourth-order valence-corrected chi connectivity index (χ4v) is 4.87. The summed E-state index contributed by atoms with van der Waals surface area (Å²) in [6.07, 6.45) is 0.478. The highest BCUT2D eigenvalue weighted by atomic mass is 32.2. The number of rotatable bonds is 9. The molecule has 1 aromatic heterocycles. The van der Waals surface area contributed by atoms with E-state index in [1.54, 1.807) is 12.1 Å². The monoisotopic (exact) mass is 399 g/mol. The van der Waals surface area contributed by atoms with Crippen molar-refractivity contribution in [2.75, 3.05) is 34.2 Å². The molecule has 0 saturated heterocycles. The average molecular weight is 400 g/mol. The Hall–Kier alpha value is -1.68. The summed E-state index contributed by atoms with van der Waals surface area (Å²) in [5, 5.41) is 4.64. The Morgan fingerprint density at radius 2 is 1.85 bits per heavy atom. The van der Waals surface area contributed by atoms with Gasteiger partial charge in [-0.3, -0.25) is 0 Å². The molecule has 0 aliphatic heterocycles. The van der Waals surface area contributed by atoms with Crippen molar-refractivity contribution in [2.24, 2.45) is 5.18 Å². The van der Waals surface area contributed by atoms with Gasteiger partial charge in [0.15, 0.2) is 0 Å². The fourth-order valence-electron chi connectivity index (χ4n) is 2.40. The van der Waals surface area contributed by atoms with Crippen molar-refractivity contribution in [3.8, 4) is 0 Å². The van der Waals surface area contributed by atoms with E-state index in [-0.39, 0.29) is 17.3 Å². The maximum Gasteiger partial charge on any atom is 0.243 e. The molecular formula is C17H22FN3O3S2. The Kier molecular flexibility index (Phi) is 6.99. The molecule has 1 heterocycles. The van der Waals surface area contributed by atoms with Crippen LogP contribution < -0.4 is 0 Å². The van der Waals surface area contributed by atoms with Crippen LogP contribution in [0.2, 0.25) is 0 Å². The molecule has 9 heteroatoms. The maximum absolute atomic E-state index is 12.9. The van der Waals surface area contributed by atoms with Gasteiger partial charge >= 0.3 is 0 Å². The molecule has 0 spiro atoms. The molecule has 1 unspecified atom stereocenters. The van der Waals surface area contributed by atoms with Crippen LogP contribution in [0.1, 0.15) is 16.5 Å². The molecule has 1 atom stereocenters. The van der Waals surface area contributed by atoms with Gasteiger partial charge in [0.1, 0.15) is 11.9 Å². The topological polar surface area (TPSA) is 70.0 Å². The number of nitroso groups, excluding NO2 is 1. The predicted octanol–water partition coefficient (Wildman–Crippen LogP) is 3.12. The summed E-state index contributed by atoms with van der Waals surface area (Å²) in [5.41, 5.74) is 0.857. The highest BCUT2D eigenvalue weighted by Gasteiger charge is 2.24. The predicted molar refractivity (Wildman–Crippen MR) is 101 cm³/mol. The Balaban J connectivity index is 2.08. The second-order valence-corrected chi connectivity index (χ2v) is 9.26. The average Bonchev–Trinajstić information content (AvgIpc) is 3.09. The molecule has 0 saturated carbocycles. The summed E-state index contributed by atoms with van der Waals surface area (Å²) in [7, 11) is 1.50. The first-order valence-corrected chi connectivity index (χ1v) is 10.3. The first kappa shape index (κ1) is 20.6. The van der Waals surface area contributed by atoms with Gasteiger partial charge in [-0.05, 0) is 44.3 Å². The van der Waals surface area contributed by atoms with Gasteiger partial charge in [0.05, 0.1) is 4.90 Å². The third kappa shape index (κ3) is 5.16. The molecule has 0 aliphatic rings. The normalized spacial score (nSPS) is 13.3. The number of thiophene rings is 1. The zero-order valence-electron chi connectivity index (χ0n) is 14.9. The van der Waals surface area contributed by atoms with Crippen molar-refractivity contribution in [1.29, 1.82) is 0 Å². The van der Waals surface area contributed by atoms with Gasteiger partial charge in [-0.2, -0.15) is 4.91 Å². The number of hydrogen-bond donors (Lipinski definition) is 0. The van der Waals surface area contributed by atoms with Gasteiger partial charge in [-0.1, -0.05) is 17.3 Å². The van der Waals surface area contributed by atoms with Crippen molar-refractivity contribution < 1.29 is 12.8 Å². The quantitative estimate of drug-likeness (QED) is 0.608. The molecule has 1 aromatic carbocycles. The summed E-state index contributed by atoms with van der Waals surface area (Å²) < 4.78 is 39.6. The molecule has 142 valence electrons. The summed E-state index contributed by atoms with van der Waals surface area (Å²) in [5.74, 6) is -0.323. The molecule has 0 fully saturated rings. The van der Waals surface area contributed by atoms with E-state index < -0.39 is 16.1 Å². The van der Waals surface area contributed by atoms with Crippen molar-refractivity contribution >= 4 is 21.4 Å². The number of halogens is 1. The lowest BCUT2D eigenvalue weighted by molar-refractivity contribution is 0.378. The molecule has 0 bridgehead atoms. The Bertz CT molecular complexity index is 835. The largest absolute Gasteiger partial charge is 0.307 e. The Labute approximate surface area is 157 Å². The SMILES string of the molecule is CN(C)CC(N=O)c1cc(S(=O)(=O)N(C)CCc2ccc(F)cc2)cs1. The van der Waals surface area contributed by atoms with Gasteiger partial charge in [0.2, 0.25) is 10.0 Å². The standard InChI is InChI=1S/C17H22FN3O3S2/c1-20(2)11-16(19-22)17-10-15(12-25-17)26(23,24)21(3)9-8-13-4-6-14(18)7-5-13/h4-7,10,12,16H,8-9,11H2,1-3H3. The molecule has 0 N–H and O–H groups in total. The van der Waals surface area contributed by atoms with Gasteiger partial charge in [0, 0.05) is 30.4 Å². The van der Waals surface area contributed by atoms with Crippen LogP contribution in [-0.2, 0) is 16.4 Å². The number of nitrogens with zero attached hydrogens (tertiary/aromatic N) is 3. The number of benzene rings is 1. The third-order valence-corrected chi connectivity index (χ3v) is 6.94. The fraction of sp³-hybridized carbons (Fsp3) is 0.412. The maximum atomic E-state index is 12.9. The highest BCUT2D eigenvalue weighted by molar-refractivity contribution is 7.89. The van der Waals surface area contributed by atoms with Crippen LogP contribution in [0.3, 0.4) is 0 Å². The zero-order chi connectivity index (χ0) is 19.3. The van der Waals surface area contributed by atoms with E-state index in [1.807, 2.05) is 19.0 Å². The molecule has 6 nitrogen and oxygen atoms in total. The van der Waals surface area contributed by atoms with E-state index in [4.69, 9.17) is 0 Å². The van der Waals surface area contributed by atoms with Crippen LogP contribution in [0.4, 0.5) is 4.39 Å². The molecule has 2 aromatic rings. The van der Waals surface area contributed by atoms with E-state index in [2.05, 4.69) is 5.18 Å². The second-order valence-electron chi connectivity index (χ2n) is 6.27. The lowest BCUT2D eigenvalue weighted by Crippen LogP contribution is -2.28. The Morgan fingerprint density at radius 1 is 1.19 bits per heavy atom. The summed E-state index contributed by atoms with van der Waals surface area (Å²) in [6.45, 7) is 0.691. The summed E-state index contributed by atoms with van der Waals surface area (Å²) >= 11 is 1.22. The third-order valence-electron chi connectivity index (χ3n) is 3.93. The minimum atomic E-state index is -3.65. The van der Waals surface area contributed by atoms with Gasteiger partial charge < -0.3 is 4.90 Å². The lowest BCUT2D eigenvalue weighted by Gasteiger charge is -2.16. The smallest absolute Gasteiger partial charge is 0.243 e. The van der Waals surface area contributed by atoms with Crippen molar-refractivity contribution in [3.63, 3.8) is 0 Å². The summed E-state index contributed by atoms with van der Waals surface area (Å²) in [4.78, 5) is 13.7. The van der Waals surface area contributed by atoms with Crippen LogP contribution in [0.5, 0.6) is 0 Å². The van der Waals surface area contributed by atoms with Crippen molar-refractivity contribution in [3.05, 3.63) is 56.9 Å². The molecule has 0 amide bonds. The minimum Gasteiger partial charge on any atom is -0.307 e. The van der Waals surface area contributed by atoms with Crippen LogP contribution in [-0.4, -0.2) is 51.9 Å². The van der Waals surface area contributed by atoms with Crippen LogP contribution in [0.25, 0.3) is 0 Å². The van der Waals surface area contributed by atoms with E-state index in [0.717, 1.165) is 5.56 Å². The zero-order valence-corrected chi connectivity index (χ0v) is 16.6. The Morgan fingerprint density at radius 3 is 2.42 bits per heavy atom. The van der Waals surface area contributed by atoms with E-state index in [0.29, 0.717) is 17.8 Å². The van der Waals surface area contributed by atoms with E-state index in [9.17, 15) is 17.7 Å². The van der Waals surface area contributed by atoms with E-state index in [1.165, 1.54) is 46.3 Å². The molecule has 2 rings (SSSR count). The molecular weight excluding hydrogens is 377 g/mol. The number of hydrogen-bond acceptors (Lipinski definition) is 6. The van der Waals surface area contributed by atoms with Gasteiger partial charge in [0.25, 0.3) is 0 Å². The lowest BCUT2D eigenvalue weighted by atomic mass is 10.1.